The highest BCUT2D eigenvalue weighted by Crippen LogP contribution is 2.42. The van der Waals surface area contributed by atoms with Crippen molar-refractivity contribution in [2.75, 3.05) is 13.2 Å². The summed E-state index contributed by atoms with van der Waals surface area (Å²) in [7, 11) is 0. The fourth-order valence-electron chi connectivity index (χ4n) is 4.34. The van der Waals surface area contributed by atoms with E-state index in [0.717, 1.165) is 43.5 Å². The van der Waals surface area contributed by atoms with Gasteiger partial charge in [-0.25, -0.2) is 0 Å². The molecule has 2 heteroatoms. The minimum absolute atomic E-state index is 0.637. The summed E-state index contributed by atoms with van der Waals surface area (Å²) in [5.41, 5.74) is 1.39. The van der Waals surface area contributed by atoms with Gasteiger partial charge in [0.1, 0.15) is 11.5 Å². The van der Waals surface area contributed by atoms with Crippen LogP contribution < -0.4 is 9.47 Å². The Balaban J connectivity index is 1.95. The molecule has 27 heavy (non-hydrogen) atoms. The Hall–Kier alpha value is -1.18. The Labute approximate surface area is 168 Å². The van der Waals surface area contributed by atoms with E-state index in [9.17, 15) is 0 Å². The lowest BCUT2D eigenvalue weighted by Crippen LogP contribution is -2.14. The minimum atomic E-state index is 0.637. The molecule has 1 fully saturated rings. The summed E-state index contributed by atoms with van der Waals surface area (Å²) >= 11 is 0. The topological polar surface area (TPSA) is 18.5 Å². The summed E-state index contributed by atoms with van der Waals surface area (Å²) in [5, 5.41) is 0. The first-order valence-electron chi connectivity index (χ1n) is 11.7. The number of ether oxygens (including phenoxy) is 2. The zero-order valence-corrected chi connectivity index (χ0v) is 18.1. The fraction of sp³-hybridized carbons (Fsp3) is 0.760. The van der Waals surface area contributed by atoms with Gasteiger partial charge in [0.25, 0.3) is 0 Å². The third kappa shape index (κ3) is 7.76. The monoisotopic (exact) mass is 374 g/mol. The molecule has 2 rings (SSSR count). The molecule has 0 spiro atoms. The average Bonchev–Trinajstić information content (AvgIpc) is 2.70. The zero-order valence-electron chi connectivity index (χ0n) is 18.1. The van der Waals surface area contributed by atoms with E-state index in [4.69, 9.17) is 9.47 Å². The van der Waals surface area contributed by atoms with E-state index < -0.39 is 0 Å². The maximum absolute atomic E-state index is 6.08. The van der Waals surface area contributed by atoms with Gasteiger partial charge in [0.15, 0.2) is 0 Å². The van der Waals surface area contributed by atoms with Crippen LogP contribution in [-0.4, -0.2) is 13.2 Å². The van der Waals surface area contributed by atoms with Crippen LogP contribution in [0.3, 0.4) is 0 Å². The first-order chi connectivity index (χ1) is 13.3. The van der Waals surface area contributed by atoms with Gasteiger partial charge in [-0.3, -0.25) is 0 Å². The summed E-state index contributed by atoms with van der Waals surface area (Å²) in [5.74, 6) is 3.69. The third-order valence-corrected chi connectivity index (χ3v) is 5.94. The molecule has 1 aliphatic carbocycles. The van der Waals surface area contributed by atoms with Crippen molar-refractivity contribution in [1.29, 1.82) is 0 Å². The summed E-state index contributed by atoms with van der Waals surface area (Å²) in [6.07, 6.45) is 15.5. The van der Waals surface area contributed by atoms with Crippen LogP contribution in [0.15, 0.2) is 18.2 Å². The van der Waals surface area contributed by atoms with Crippen molar-refractivity contribution in [3.05, 3.63) is 23.8 Å². The van der Waals surface area contributed by atoms with Crippen molar-refractivity contribution in [1.82, 2.24) is 0 Å². The Morgan fingerprint density at radius 2 is 1.56 bits per heavy atom. The zero-order chi connectivity index (χ0) is 19.3. The van der Waals surface area contributed by atoms with Gasteiger partial charge in [-0.05, 0) is 68.6 Å². The lowest BCUT2D eigenvalue weighted by molar-refractivity contribution is 0.282. The maximum atomic E-state index is 6.08. The fourth-order valence-corrected chi connectivity index (χ4v) is 4.34. The number of unbranched alkanes of at least 4 members (excludes halogenated alkanes) is 4. The quantitative estimate of drug-likeness (QED) is 0.327. The van der Waals surface area contributed by atoms with Gasteiger partial charge in [0.2, 0.25) is 0 Å². The molecule has 0 atom stereocenters. The van der Waals surface area contributed by atoms with Crippen LogP contribution in [0, 0.1) is 5.92 Å². The van der Waals surface area contributed by atoms with Crippen molar-refractivity contribution in [2.24, 2.45) is 5.92 Å². The van der Waals surface area contributed by atoms with Gasteiger partial charge in [0, 0.05) is 5.56 Å². The van der Waals surface area contributed by atoms with E-state index >= 15 is 0 Å². The van der Waals surface area contributed by atoms with Gasteiger partial charge >= 0.3 is 0 Å². The second-order valence-electron chi connectivity index (χ2n) is 8.32. The van der Waals surface area contributed by atoms with Crippen LogP contribution >= 0.6 is 0 Å². The van der Waals surface area contributed by atoms with Crippen LogP contribution in [0.2, 0.25) is 0 Å². The van der Waals surface area contributed by atoms with E-state index in [-0.39, 0.29) is 0 Å². The first-order valence-corrected chi connectivity index (χ1v) is 11.7. The minimum Gasteiger partial charge on any atom is -0.494 e. The molecule has 0 N–H and O–H groups in total. The van der Waals surface area contributed by atoms with Crippen LogP contribution in [0.25, 0.3) is 0 Å². The largest absolute Gasteiger partial charge is 0.494 e. The molecule has 1 aliphatic rings. The van der Waals surface area contributed by atoms with Gasteiger partial charge < -0.3 is 9.47 Å². The molecule has 1 aromatic carbocycles. The molecule has 0 radical (unpaired) electrons. The normalized spacial score (nSPS) is 19.8. The molecule has 0 amide bonds. The molecule has 0 aromatic heterocycles. The average molecular weight is 375 g/mol. The number of hydrogen-bond donors (Lipinski definition) is 0. The molecule has 0 saturated heterocycles. The highest BCUT2D eigenvalue weighted by molar-refractivity contribution is 5.42. The summed E-state index contributed by atoms with van der Waals surface area (Å²) in [6.45, 7) is 8.38. The predicted molar refractivity (Wildman–Crippen MR) is 116 cm³/mol. The highest BCUT2D eigenvalue weighted by atomic mass is 16.5. The summed E-state index contributed by atoms with van der Waals surface area (Å²) in [4.78, 5) is 0. The number of rotatable bonds is 13. The van der Waals surface area contributed by atoms with Gasteiger partial charge in [-0.1, -0.05) is 59.3 Å². The third-order valence-electron chi connectivity index (χ3n) is 5.94. The van der Waals surface area contributed by atoms with Gasteiger partial charge in [0.05, 0.1) is 13.2 Å². The highest BCUT2D eigenvalue weighted by Gasteiger charge is 2.24. The molecule has 0 heterocycles. The SMILES string of the molecule is CCCCCCCOc1ccc(OCCC)c(C2CCC(CCC)CC2)c1. The molecule has 0 unspecified atom stereocenters. The lowest BCUT2D eigenvalue weighted by Gasteiger charge is -2.30. The Bertz CT molecular complexity index is 503. The first kappa shape index (κ1) is 22.1. The standard InChI is InChI=1S/C25H42O2/c1-4-7-8-9-10-19-26-23-16-17-25(27-18-6-3)24(20-23)22-14-12-21(11-5-2)13-15-22/h16-17,20-22H,4-15,18-19H2,1-3H3. The van der Waals surface area contributed by atoms with Crippen LogP contribution in [0.5, 0.6) is 11.5 Å². The molecular weight excluding hydrogens is 332 g/mol. The second-order valence-corrected chi connectivity index (χ2v) is 8.32. The molecular formula is C25H42O2. The van der Waals surface area contributed by atoms with E-state index in [2.05, 4.69) is 39.0 Å². The van der Waals surface area contributed by atoms with Crippen LogP contribution in [0.1, 0.15) is 109 Å². The molecule has 2 nitrogen and oxygen atoms in total. The second kappa shape index (κ2) is 13.1. The van der Waals surface area contributed by atoms with Gasteiger partial charge in [-0.2, -0.15) is 0 Å². The van der Waals surface area contributed by atoms with Gasteiger partial charge in [-0.15, -0.1) is 0 Å². The van der Waals surface area contributed by atoms with Crippen LogP contribution in [-0.2, 0) is 0 Å². The van der Waals surface area contributed by atoms with Crippen molar-refractivity contribution >= 4 is 0 Å². The Kier molecular flexibility index (Phi) is 10.7. The van der Waals surface area contributed by atoms with E-state index in [1.165, 1.54) is 69.8 Å². The summed E-state index contributed by atoms with van der Waals surface area (Å²) < 4.78 is 12.2. The molecule has 154 valence electrons. The lowest BCUT2D eigenvalue weighted by atomic mass is 9.77. The molecule has 0 bridgehead atoms. The molecule has 0 aliphatic heterocycles. The van der Waals surface area contributed by atoms with Crippen molar-refractivity contribution < 1.29 is 9.47 Å². The number of benzene rings is 1. The smallest absolute Gasteiger partial charge is 0.123 e. The predicted octanol–water partition coefficient (Wildman–Crippen LogP) is 7.90. The van der Waals surface area contributed by atoms with E-state index in [1.54, 1.807) is 0 Å². The number of hydrogen-bond acceptors (Lipinski definition) is 2. The molecule has 1 saturated carbocycles. The van der Waals surface area contributed by atoms with Crippen molar-refractivity contribution in [3.63, 3.8) is 0 Å². The van der Waals surface area contributed by atoms with E-state index in [0.29, 0.717) is 5.92 Å². The van der Waals surface area contributed by atoms with E-state index in [1.807, 2.05) is 0 Å². The summed E-state index contributed by atoms with van der Waals surface area (Å²) in [6, 6.07) is 6.53. The molecule has 1 aromatic rings. The Morgan fingerprint density at radius 1 is 0.778 bits per heavy atom. The maximum Gasteiger partial charge on any atom is 0.123 e. The van der Waals surface area contributed by atoms with Crippen molar-refractivity contribution in [2.45, 2.75) is 104 Å². The Morgan fingerprint density at radius 3 is 2.26 bits per heavy atom. The van der Waals surface area contributed by atoms with Crippen molar-refractivity contribution in [3.8, 4) is 11.5 Å². The van der Waals surface area contributed by atoms with Crippen LogP contribution in [0.4, 0.5) is 0 Å².